The van der Waals surface area contributed by atoms with Crippen molar-refractivity contribution in [1.29, 1.82) is 0 Å². The molecule has 0 amide bonds. The fourth-order valence-corrected chi connectivity index (χ4v) is 3.77. The van der Waals surface area contributed by atoms with E-state index in [1.807, 2.05) is 20.2 Å². The van der Waals surface area contributed by atoms with Crippen LogP contribution in [0.3, 0.4) is 0 Å². The minimum atomic E-state index is -3.39. The fraction of sp³-hybridized carbons (Fsp3) is 0.217. The number of nitrogens with zero attached hydrogens (tertiary/aromatic N) is 2. The van der Waals surface area contributed by atoms with Crippen LogP contribution in [0.4, 0.5) is 11.7 Å². The van der Waals surface area contributed by atoms with E-state index in [4.69, 9.17) is 9.15 Å². The lowest BCUT2D eigenvalue weighted by Gasteiger charge is -2.11. The van der Waals surface area contributed by atoms with Gasteiger partial charge in [0.25, 0.3) is 6.01 Å². The van der Waals surface area contributed by atoms with Gasteiger partial charge in [-0.3, -0.25) is 4.79 Å². The van der Waals surface area contributed by atoms with Crippen LogP contribution in [0.2, 0.25) is 0 Å². The number of hydrogen-bond acceptors (Lipinski definition) is 8. The maximum Gasteiger partial charge on any atom is 0.299 e. The molecule has 0 aliphatic rings. The number of allylic oxidation sites excluding steroid dienone is 1. The lowest BCUT2D eigenvalue weighted by molar-refractivity contribution is 0.104. The normalized spacial score (nSPS) is 11.5. The van der Waals surface area contributed by atoms with Gasteiger partial charge < -0.3 is 19.4 Å². The lowest BCUT2D eigenvalue weighted by atomic mass is 10.1. The highest BCUT2D eigenvalue weighted by Crippen LogP contribution is 2.32. The molecule has 0 aliphatic carbocycles. The summed E-state index contributed by atoms with van der Waals surface area (Å²) in [5.41, 5.74) is 1.61. The Kier molecular flexibility index (Phi) is 6.99. The van der Waals surface area contributed by atoms with E-state index in [0.717, 1.165) is 0 Å². The average molecular weight is 456 g/mol. The number of carbonyl (C=O) groups excluding carboxylic acids is 1. The van der Waals surface area contributed by atoms with Crippen LogP contribution in [0.5, 0.6) is 5.75 Å². The first-order chi connectivity index (χ1) is 15.2. The maximum absolute atomic E-state index is 12.4. The molecular formula is C23H25N3O5S. The third-order valence-electron chi connectivity index (χ3n) is 4.61. The number of rotatable bonds is 9. The molecule has 0 spiro atoms. The molecule has 0 fully saturated rings. The van der Waals surface area contributed by atoms with Gasteiger partial charge in [-0.1, -0.05) is 25.1 Å². The summed E-state index contributed by atoms with van der Waals surface area (Å²) in [5, 5.41) is 2.97. The zero-order valence-electron chi connectivity index (χ0n) is 18.3. The first kappa shape index (κ1) is 23.1. The quantitative estimate of drug-likeness (QED) is 0.379. The van der Waals surface area contributed by atoms with Crippen molar-refractivity contribution in [2.24, 2.45) is 0 Å². The van der Waals surface area contributed by atoms with Gasteiger partial charge in [0, 0.05) is 37.5 Å². The van der Waals surface area contributed by atoms with Crippen LogP contribution in [0, 0.1) is 0 Å². The molecule has 2 aromatic carbocycles. The van der Waals surface area contributed by atoms with E-state index < -0.39 is 9.84 Å². The molecule has 0 radical (unpaired) electrons. The fourth-order valence-electron chi connectivity index (χ4n) is 2.86. The van der Waals surface area contributed by atoms with E-state index in [0.29, 0.717) is 28.3 Å². The van der Waals surface area contributed by atoms with E-state index in [-0.39, 0.29) is 22.4 Å². The number of anilines is 2. The van der Waals surface area contributed by atoms with Gasteiger partial charge in [0.2, 0.25) is 0 Å². The lowest BCUT2D eigenvalue weighted by Crippen LogP contribution is -2.05. The van der Waals surface area contributed by atoms with Gasteiger partial charge >= 0.3 is 0 Å². The van der Waals surface area contributed by atoms with Crippen LogP contribution < -0.4 is 10.1 Å². The van der Waals surface area contributed by atoms with Crippen molar-refractivity contribution in [2.45, 2.75) is 11.8 Å². The number of methoxy groups -OCH3 is 1. The van der Waals surface area contributed by atoms with Crippen molar-refractivity contribution < 1.29 is 22.4 Å². The summed E-state index contributed by atoms with van der Waals surface area (Å²) in [6, 6.07) is 11.7. The van der Waals surface area contributed by atoms with Crippen LogP contribution in [0.1, 0.15) is 17.3 Å². The molecule has 1 N–H and O–H groups in total. The summed E-state index contributed by atoms with van der Waals surface area (Å²) in [4.78, 5) is 18.5. The van der Waals surface area contributed by atoms with Gasteiger partial charge in [0.05, 0.1) is 29.6 Å². The molecule has 32 heavy (non-hydrogen) atoms. The van der Waals surface area contributed by atoms with Crippen LogP contribution >= 0.6 is 0 Å². The monoisotopic (exact) mass is 455 g/mol. The standard InChI is InChI=1S/C23H25N3O5S/c1-5-32(28,29)18-9-10-21(30-4)19(14-18)25-23-24-15-22(31-23)17-8-6-7-16(13-17)20(27)11-12-26(2)3/h6-15H,5H2,1-4H3,(H,24,25)/b12-11+. The van der Waals surface area contributed by atoms with Crippen LogP contribution in [0.15, 0.2) is 70.3 Å². The summed E-state index contributed by atoms with van der Waals surface area (Å²) in [6.45, 7) is 1.59. The van der Waals surface area contributed by atoms with Crippen molar-refractivity contribution in [3.05, 3.63) is 66.5 Å². The molecule has 3 rings (SSSR count). The van der Waals surface area contributed by atoms with Gasteiger partial charge in [0.15, 0.2) is 21.4 Å². The highest BCUT2D eigenvalue weighted by Gasteiger charge is 2.16. The molecule has 0 unspecified atom stereocenters. The number of ether oxygens (including phenoxy) is 1. The van der Waals surface area contributed by atoms with Gasteiger partial charge in [-0.25, -0.2) is 13.4 Å². The second-order valence-electron chi connectivity index (χ2n) is 7.14. The smallest absolute Gasteiger partial charge is 0.299 e. The Bertz CT molecular complexity index is 1250. The number of nitrogens with one attached hydrogen (secondary N) is 1. The second-order valence-corrected chi connectivity index (χ2v) is 9.42. The maximum atomic E-state index is 12.4. The largest absolute Gasteiger partial charge is 0.495 e. The predicted molar refractivity (Wildman–Crippen MR) is 123 cm³/mol. The van der Waals surface area contributed by atoms with Crippen LogP contribution in [-0.4, -0.2) is 51.0 Å². The van der Waals surface area contributed by atoms with Gasteiger partial charge in [-0.15, -0.1) is 0 Å². The number of hydrogen-bond donors (Lipinski definition) is 1. The number of sulfone groups is 1. The molecule has 168 valence electrons. The third-order valence-corrected chi connectivity index (χ3v) is 6.35. The van der Waals surface area contributed by atoms with Gasteiger partial charge in [0.1, 0.15) is 5.75 Å². The van der Waals surface area contributed by atoms with Crippen molar-refractivity contribution in [2.75, 3.05) is 32.3 Å². The minimum Gasteiger partial charge on any atom is -0.495 e. The van der Waals surface area contributed by atoms with Crippen molar-refractivity contribution in [1.82, 2.24) is 9.88 Å². The topological polar surface area (TPSA) is 102 Å². The zero-order valence-corrected chi connectivity index (χ0v) is 19.1. The summed E-state index contributed by atoms with van der Waals surface area (Å²) in [7, 11) is 1.78. The molecule has 1 heterocycles. The van der Waals surface area contributed by atoms with E-state index in [2.05, 4.69) is 10.3 Å². The van der Waals surface area contributed by atoms with E-state index >= 15 is 0 Å². The Morgan fingerprint density at radius 2 is 2.00 bits per heavy atom. The molecule has 0 bridgehead atoms. The van der Waals surface area contributed by atoms with E-state index in [9.17, 15) is 13.2 Å². The summed E-state index contributed by atoms with van der Waals surface area (Å²) < 4.78 is 35.6. The molecule has 8 nitrogen and oxygen atoms in total. The molecule has 0 atom stereocenters. The Labute approximate surface area is 187 Å². The second kappa shape index (κ2) is 9.69. The Hall–Kier alpha value is -3.59. The molecule has 1 aromatic heterocycles. The number of ketones is 1. The van der Waals surface area contributed by atoms with E-state index in [1.165, 1.54) is 31.5 Å². The Morgan fingerprint density at radius 3 is 2.69 bits per heavy atom. The van der Waals surface area contributed by atoms with Gasteiger partial charge in [-0.05, 0) is 24.3 Å². The SMILES string of the molecule is CCS(=O)(=O)c1ccc(OC)c(Nc2ncc(-c3cccc(C(=O)/C=C/N(C)C)c3)o2)c1. The Balaban J connectivity index is 1.87. The number of benzene rings is 2. The highest BCUT2D eigenvalue weighted by molar-refractivity contribution is 7.91. The number of aromatic nitrogens is 1. The highest BCUT2D eigenvalue weighted by atomic mass is 32.2. The summed E-state index contributed by atoms with van der Waals surface area (Å²) in [5.74, 6) is 0.757. The predicted octanol–water partition coefficient (Wildman–Crippen LogP) is 4.15. The summed E-state index contributed by atoms with van der Waals surface area (Å²) >= 11 is 0. The first-order valence-electron chi connectivity index (χ1n) is 9.86. The third kappa shape index (κ3) is 5.36. The Morgan fingerprint density at radius 1 is 1.22 bits per heavy atom. The van der Waals surface area contributed by atoms with Crippen molar-refractivity contribution >= 4 is 27.3 Å². The molecule has 3 aromatic rings. The van der Waals surface area contributed by atoms with Crippen LogP contribution in [0.25, 0.3) is 11.3 Å². The van der Waals surface area contributed by atoms with Crippen LogP contribution in [-0.2, 0) is 9.84 Å². The van der Waals surface area contributed by atoms with Crippen molar-refractivity contribution in [3.63, 3.8) is 0 Å². The van der Waals surface area contributed by atoms with Gasteiger partial charge in [-0.2, -0.15) is 0 Å². The number of carbonyl (C=O) groups is 1. The summed E-state index contributed by atoms with van der Waals surface area (Å²) in [6.07, 6.45) is 4.71. The molecule has 0 aliphatic heterocycles. The minimum absolute atomic E-state index is 0.0132. The molecule has 0 saturated heterocycles. The molecule has 9 heteroatoms. The first-order valence-corrected chi connectivity index (χ1v) is 11.5. The van der Waals surface area contributed by atoms with E-state index in [1.54, 1.807) is 42.3 Å². The molecule has 0 saturated carbocycles. The number of oxazole rings is 1. The van der Waals surface area contributed by atoms with Crippen molar-refractivity contribution in [3.8, 4) is 17.1 Å². The molecular weight excluding hydrogens is 430 g/mol. The average Bonchev–Trinajstić information content (AvgIpc) is 3.26. The zero-order chi connectivity index (χ0) is 23.3.